The van der Waals surface area contributed by atoms with Crippen LogP contribution < -0.4 is 11.2 Å². The SMILES string of the molecule is Cc1cc2oc(=O)cc(COC(=O)c3ccc4c(=O)n5c(nc4c3)CCCCC5)c2cc1Cl. The number of aromatic nitrogens is 2. The average molecular weight is 465 g/mol. The number of ether oxygens (including phenoxy) is 1. The molecule has 33 heavy (non-hydrogen) atoms. The molecule has 5 rings (SSSR count). The molecule has 168 valence electrons. The van der Waals surface area contributed by atoms with Crippen molar-refractivity contribution in [2.24, 2.45) is 0 Å². The van der Waals surface area contributed by atoms with Gasteiger partial charge in [-0.1, -0.05) is 18.0 Å². The Kier molecular flexibility index (Phi) is 5.50. The van der Waals surface area contributed by atoms with Gasteiger partial charge in [0.15, 0.2) is 0 Å². The van der Waals surface area contributed by atoms with Crippen molar-refractivity contribution in [3.63, 3.8) is 0 Å². The van der Waals surface area contributed by atoms with Crippen LogP contribution in [0.4, 0.5) is 0 Å². The molecule has 0 radical (unpaired) electrons. The lowest BCUT2D eigenvalue weighted by Crippen LogP contribution is -2.24. The maximum Gasteiger partial charge on any atom is 0.338 e. The van der Waals surface area contributed by atoms with Crippen molar-refractivity contribution >= 4 is 39.4 Å². The van der Waals surface area contributed by atoms with E-state index < -0.39 is 11.6 Å². The average Bonchev–Trinajstić information content (AvgIpc) is 3.04. The first-order valence-corrected chi connectivity index (χ1v) is 11.2. The van der Waals surface area contributed by atoms with Gasteiger partial charge in [-0.05, 0) is 55.7 Å². The van der Waals surface area contributed by atoms with Crippen LogP contribution in [-0.2, 0) is 24.3 Å². The molecule has 0 aliphatic carbocycles. The Morgan fingerprint density at radius 1 is 1.12 bits per heavy atom. The molecule has 1 aliphatic rings. The highest BCUT2D eigenvalue weighted by atomic mass is 35.5. The zero-order chi connectivity index (χ0) is 23.1. The quantitative estimate of drug-likeness (QED) is 0.326. The number of nitrogens with zero attached hydrogens (tertiary/aromatic N) is 2. The number of halogens is 1. The minimum Gasteiger partial charge on any atom is -0.457 e. The lowest BCUT2D eigenvalue weighted by Gasteiger charge is -2.11. The summed E-state index contributed by atoms with van der Waals surface area (Å²) in [5.74, 6) is 0.179. The van der Waals surface area contributed by atoms with Crippen molar-refractivity contribution < 1.29 is 13.9 Å². The first kappa shape index (κ1) is 21.4. The summed E-state index contributed by atoms with van der Waals surface area (Å²) in [5, 5.41) is 1.61. The molecule has 7 nitrogen and oxygen atoms in total. The molecule has 0 saturated heterocycles. The third-order valence-corrected chi connectivity index (χ3v) is 6.43. The molecule has 0 unspecified atom stereocenters. The number of aryl methyl sites for hydroxylation is 2. The number of benzene rings is 2. The van der Waals surface area contributed by atoms with Crippen LogP contribution in [0, 0.1) is 6.92 Å². The molecule has 1 aliphatic heterocycles. The maximum absolute atomic E-state index is 12.9. The fourth-order valence-electron chi connectivity index (χ4n) is 4.24. The first-order chi connectivity index (χ1) is 15.9. The molecule has 0 fully saturated rings. The van der Waals surface area contributed by atoms with Crippen LogP contribution in [0.1, 0.15) is 46.6 Å². The van der Waals surface area contributed by atoms with Gasteiger partial charge in [0.1, 0.15) is 18.0 Å². The molecule has 0 amide bonds. The van der Waals surface area contributed by atoms with E-state index in [1.165, 1.54) is 6.07 Å². The minimum absolute atomic E-state index is 0.0773. The van der Waals surface area contributed by atoms with E-state index in [-0.39, 0.29) is 17.7 Å². The lowest BCUT2D eigenvalue weighted by molar-refractivity contribution is 0.0474. The van der Waals surface area contributed by atoms with E-state index in [2.05, 4.69) is 4.98 Å². The van der Waals surface area contributed by atoms with Crippen molar-refractivity contribution in [2.75, 3.05) is 0 Å². The van der Waals surface area contributed by atoms with Crippen molar-refractivity contribution in [3.05, 3.63) is 84.7 Å². The summed E-state index contributed by atoms with van der Waals surface area (Å²) < 4.78 is 12.5. The van der Waals surface area contributed by atoms with E-state index >= 15 is 0 Å². The van der Waals surface area contributed by atoms with Crippen LogP contribution in [0.3, 0.4) is 0 Å². The normalized spacial score (nSPS) is 13.6. The van der Waals surface area contributed by atoms with Crippen LogP contribution in [0.25, 0.3) is 21.9 Å². The van der Waals surface area contributed by atoms with Gasteiger partial charge in [-0.15, -0.1) is 0 Å². The fraction of sp³-hybridized carbons (Fsp3) is 0.280. The third kappa shape index (κ3) is 4.04. The highest BCUT2D eigenvalue weighted by Gasteiger charge is 2.17. The largest absolute Gasteiger partial charge is 0.457 e. The number of fused-ring (bicyclic) bond motifs is 3. The maximum atomic E-state index is 12.9. The summed E-state index contributed by atoms with van der Waals surface area (Å²) in [4.78, 5) is 42.3. The number of carbonyl (C=O) groups excluding carboxylic acids is 1. The van der Waals surface area contributed by atoms with Gasteiger partial charge in [-0.25, -0.2) is 14.6 Å². The smallest absolute Gasteiger partial charge is 0.338 e. The second-order valence-corrected chi connectivity index (χ2v) is 8.70. The molecule has 2 aromatic carbocycles. The van der Waals surface area contributed by atoms with Gasteiger partial charge in [-0.2, -0.15) is 0 Å². The zero-order valence-corrected chi connectivity index (χ0v) is 18.8. The van der Waals surface area contributed by atoms with Crippen LogP contribution >= 0.6 is 11.6 Å². The van der Waals surface area contributed by atoms with E-state index in [0.717, 1.165) is 37.1 Å². The summed E-state index contributed by atoms with van der Waals surface area (Å²) in [7, 11) is 0. The summed E-state index contributed by atoms with van der Waals surface area (Å²) in [6.45, 7) is 2.36. The molecular formula is C25H21ClN2O5. The van der Waals surface area contributed by atoms with Crippen LogP contribution in [0.2, 0.25) is 5.02 Å². The van der Waals surface area contributed by atoms with E-state index in [1.54, 1.807) is 34.9 Å². The van der Waals surface area contributed by atoms with Gasteiger partial charge >= 0.3 is 11.6 Å². The molecule has 4 aromatic rings. The lowest BCUT2D eigenvalue weighted by atomic mass is 10.1. The first-order valence-electron chi connectivity index (χ1n) is 10.8. The highest BCUT2D eigenvalue weighted by molar-refractivity contribution is 6.32. The molecule has 0 bridgehead atoms. The van der Waals surface area contributed by atoms with Gasteiger partial charge in [0.05, 0.1) is 16.5 Å². The second-order valence-electron chi connectivity index (χ2n) is 8.29. The Labute approximate surface area is 193 Å². The van der Waals surface area contributed by atoms with Gasteiger partial charge in [-0.3, -0.25) is 9.36 Å². The number of carbonyl (C=O) groups is 1. The Hall–Kier alpha value is -3.45. The van der Waals surface area contributed by atoms with E-state index in [9.17, 15) is 14.4 Å². The standard InChI is InChI=1S/C25H21ClN2O5/c1-14-9-21-18(12-19(14)26)16(11-23(29)33-21)13-32-25(31)15-6-7-17-20(10-15)27-22-5-3-2-4-8-28(22)24(17)30/h6-7,9-12H,2-5,8,13H2,1H3. The van der Waals surface area contributed by atoms with Gasteiger partial charge in [0, 0.05) is 35.0 Å². The van der Waals surface area contributed by atoms with Crippen molar-refractivity contribution in [2.45, 2.75) is 45.8 Å². The van der Waals surface area contributed by atoms with Gasteiger partial charge in [0.2, 0.25) is 0 Å². The molecule has 0 N–H and O–H groups in total. The molecule has 2 aromatic heterocycles. The summed E-state index contributed by atoms with van der Waals surface area (Å²) in [5.41, 5.74) is 1.81. The molecule has 0 saturated carbocycles. The zero-order valence-electron chi connectivity index (χ0n) is 18.0. The number of rotatable bonds is 3. The van der Waals surface area contributed by atoms with Gasteiger partial charge < -0.3 is 9.15 Å². The Morgan fingerprint density at radius 2 is 1.97 bits per heavy atom. The molecule has 0 spiro atoms. The van der Waals surface area contributed by atoms with Crippen LogP contribution in [0.5, 0.6) is 0 Å². The van der Waals surface area contributed by atoms with Gasteiger partial charge in [0.25, 0.3) is 5.56 Å². The van der Waals surface area contributed by atoms with Crippen LogP contribution in [-0.4, -0.2) is 15.5 Å². The Balaban J connectivity index is 1.45. The molecule has 0 atom stereocenters. The molecule has 8 heteroatoms. The van der Waals surface area contributed by atoms with Crippen LogP contribution in [0.15, 0.2) is 50.4 Å². The molecule has 3 heterocycles. The van der Waals surface area contributed by atoms with E-state index in [1.807, 2.05) is 6.92 Å². The highest BCUT2D eigenvalue weighted by Crippen LogP contribution is 2.26. The Morgan fingerprint density at radius 3 is 2.82 bits per heavy atom. The van der Waals surface area contributed by atoms with E-state index in [4.69, 9.17) is 20.8 Å². The Bertz CT molecular complexity index is 1540. The predicted octanol–water partition coefficient (Wildman–Crippen LogP) is 4.55. The predicted molar refractivity (Wildman–Crippen MR) is 125 cm³/mol. The van der Waals surface area contributed by atoms with Crippen molar-refractivity contribution in [1.82, 2.24) is 9.55 Å². The second kappa shape index (κ2) is 8.48. The summed E-state index contributed by atoms with van der Waals surface area (Å²) >= 11 is 6.23. The summed E-state index contributed by atoms with van der Waals surface area (Å²) in [6.07, 6.45) is 3.75. The fourth-order valence-corrected chi connectivity index (χ4v) is 4.40. The number of esters is 1. The number of hydrogen-bond donors (Lipinski definition) is 0. The number of hydrogen-bond acceptors (Lipinski definition) is 6. The monoisotopic (exact) mass is 464 g/mol. The van der Waals surface area contributed by atoms with Crippen molar-refractivity contribution in [3.8, 4) is 0 Å². The topological polar surface area (TPSA) is 91.4 Å². The third-order valence-electron chi connectivity index (χ3n) is 6.02. The minimum atomic E-state index is -0.576. The van der Waals surface area contributed by atoms with Crippen molar-refractivity contribution in [1.29, 1.82) is 0 Å². The summed E-state index contributed by atoms with van der Waals surface area (Å²) in [6, 6.07) is 9.43. The van der Waals surface area contributed by atoms with E-state index in [0.29, 0.717) is 39.0 Å². The molecular weight excluding hydrogens is 444 g/mol.